The lowest BCUT2D eigenvalue weighted by Gasteiger charge is -2.24. The molecule has 1 N–H and O–H groups in total. The predicted octanol–water partition coefficient (Wildman–Crippen LogP) is 7.31. The molecular weight excluding hydrogens is 619 g/mol. The quantitative estimate of drug-likeness (QED) is 0.224. The summed E-state index contributed by atoms with van der Waals surface area (Å²) in [5.41, 5.74) is 5.82. The van der Waals surface area contributed by atoms with E-state index in [0.29, 0.717) is 33.6 Å². The maximum absolute atomic E-state index is 13.2. The van der Waals surface area contributed by atoms with Gasteiger partial charge in [-0.05, 0) is 85.0 Å². The number of amidine groups is 1. The van der Waals surface area contributed by atoms with Crippen molar-refractivity contribution in [3.05, 3.63) is 77.6 Å². The molecule has 3 aromatic carbocycles. The van der Waals surface area contributed by atoms with Crippen LogP contribution in [0.15, 0.2) is 65.9 Å². The number of alkyl halides is 3. The summed E-state index contributed by atoms with van der Waals surface area (Å²) in [7, 11) is 3.85. The van der Waals surface area contributed by atoms with E-state index in [4.69, 9.17) is 0 Å². The Balaban J connectivity index is 1.35. The molecule has 14 heteroatoms. The van der Waals surface area contributed by atoms with Crippen LogP contribution in [0.2, 0.25) is 0 Å². The molecular formula is C32H32F3N7O3S. The molecule has 0 bridgehead atoms. The largest absolute Gasteiger partial charge is 0.573 e. The second-order valence-corrected chi connectivity index (χ2v) is 12.1. The zero-order chi connectivity index (χ0) is 33.3. The number of halogens is 3. The topological polar surface area (TPSA) is 105 Å². The fourth-order valence-corrected chi connectivity index (χ4v) is 5.86. The first-order valence-corrected chi connectivity index (χ1v) is 15.2. The number of ether oxygens (including phenoxy) is 1. The van der Waals surface area contributed by atoms with Crippen molar-refractivity contribution in [3.63, 3.8) is 0 Å². The van der Waals surface area contributed by atoms with Crippen molar-refractivity contribution >= 4 is 45.9 Å². The smallest absolute Gasteiger partial charge is 0.406 e. The number of aromatic nitrogens is 3. The molecule has 10 nitrogen and oxygen atoms in total. The van der Waals surface area contributed by atoms with E-state index in [-0.39, 0.29) is 23.3 Å². The first-order chi connectivity index (χ1) is 21.7. The molecule has 3 amide bonds. The molecule has 0 saturated carbocycles. The lowest BCUT2D eigenvalue weighted by molar-refractivity contribution is -0.274. The van der Waals surface area contributed by atoms with E-state index in [1.54, 1.807) is 0 Å². The molecule has 0 unspecified atom stereocenters. The molecule has 1 saturated heterocycles. The van der Waals surface area contributed by atoms with Crippen LogP contribution in [0.5, 0.6) is 5.75 Å². The fourth-order valence-electron chi connectivity index (χ4n) is 5.01. The standard InChI is InChI=1S/C32H32F3N7O3S/c1-18(2)25-12-9-23(40(5)6)15-26(25)42-27(43)16-46-31(42)38-30(44)37-28-19(3)13-21(14-20(28)4)29-36-17-41(39-29)22-7-10-24(11-8-22)45-32(33,34)35/h7-15,17-18H,16H2,1-6H3,(H,37,44)/b38-31-. The van der Waals surface area contributed by atoms with Crippen LogP contribution in [0.3, 0.4) is 0 Å². The molecule has 5 rings (SSSR count). The Morgan fingerprint density at radius 2 is 1.74 bits per heavy atom. The van der Waals surface area contributed by atoms with Gasteiger partial charge in [0, 0.05) is 31.0 Å². The third-order valence-corrected chi connectivity index (χ3v) is 8.13. The van der Waals surface area contributed by atoms with Crippen LogP contribution in [0.1, 0.15) is 36.5 Å². The summed E-state index contributed by atoms with van der Waals surface area (Å²) in [4.78, 5) is 38.4. The number of amides is 3. The van der Waals surface area contributed by atoms with Gasteiger partial charge in [-0.1, -0.05) is 31.7 Å². The van der Waals surface area contributed by atoms with E-state index in [9.17, 15) is 22.8 Å². The van der Waals surface area contributed by atoms with Crippen LogP contribution in [-0.4, -0.2) is 58.1 Å². The minimum Gasteiger partial charge on any atom is -0.406 e. The number of carbonyl (C=O) groups is 2. The maximum Gasteiger partial charge on any atom is 0.573 e. The first kappa shape index (κ1) is 32.5. The summed E-state index contributed by atoms with van der Waals surface area (Å²) in [5.74, 6) is 0.215. The molecule has 0 spiro atoms. The average Bonchev–Trinajstić information content (AvgIpc) is 3.61. The molecule has 46 heavy (non-hydrogen) atoms. The molecule has 240 valence electrons. The van der Waals surface area contributed by atoms with Gasteiger partial charge in [-0.2, -0.15) is 4.99 Å². The van der Waals surface area contributed by atoms with E-state index in [1.165, 1.54) is 51.9 Å². The first-order valence-electron chi connectivity index (χ1n) is 14.3. The summed E-state index contributed by atoms with van der Waals surface area (Å²) in [6.07, 6.45) is -3.32. The number of thioether (sulfide) groups is 1. The number of nitrogens with one attached hydrogen (secondary N) is 1. The summed E-state index contributed by atoms with van der Waals surface area (Å²) in [6, 6.07) is 14.2. The molecule has 1 fully saturated rings. The van der Waals surface area contributed by atoms with Crippen molar-refractivity contribution in [2.24, 2.45) is 4.99 Å². The number of carbonyl (C=O) groups excluding carboxylic acids is 2. The highest BCUT2D eigenvalue weighted by Crippen LogP contribution is 2.36. The number of hydrogen-bond acceptors (Lipinski definition) is 7. The number of hydrogen-bond donors (Lipinski definition) is 1. The van der Waals surface area contributed by atoms with Gasteiger partial charge in [0.05, 0.1) is 17.1 Å². The molecule has 0 aliphatic carbocycles. The van der Waals surface area contributed by atoms with Gasteiger partial charge in [-0.3, -0.25) is 9.69 Å². The lowest BCUT2D eigenvalue weighted by Crippen LogP contribution is -2.31. The van der Waals surface area contributed by atoms with Gasteiger partial charge in [-0.25, -0.2) is 14.5 Å². The Hall–Kier alpha value is -4.85. The van der Waals surface area contributed by atoms with Gasteiger partial charge in [0.1, 0.15) is 12.1 Å². The van der Waals surface area contributed by atoms with Gasteiger partial charge in [0.2, 0.25) is 5.91 Å². The van der Waals surface area contributed by atoms with E-state index in [2.05, 4.69) is 39.0 Å². The van der Waals surface area contributed by atoms with Gasteiger partial charge < -0.3 is 15.0 Å². The van der Waals surface area contributed by atoms with Crippen molar-refractivity contribution < 1.29 is 27.5 Å². The number of anilines is 3. The number of rotatable bonds is 7. The predicted molar refractivity (Wildman–Crippen MR) is 174 cm³/mol. The highest BCUT2D eigenvalue weighted by molar-refractivity contribution is 8.15. The normalized spacial score (nSPS) is 14.3. The van der Waals surface area contributed by atoms with Crippen molar-refractivity contribution in [2.75, 3.05) is 35.0 Å². The molecule has 2 heterocycles. The number of nitrogens with zero attached hydrogens (tertiary/aromatic N) is 6. The summed E-state index contributed by atoms with van der Waals surface area (Å²) >= 11 is 1.21. The van der Waals surface area contributed by atoms with Crippen LogP contribution >= 0.6 is 11.8 Å². The van der Waals surface area contributed by atoms with E-state index in [1.807, 2.05) is 63.2 Å². The van der Waals surface area contributed by atoms with Crippen molar-refractivity contribution in [1.29, 1.82) is 0 Å². The third-order valence-electron chi connectivity index (χ3n) is 7.21. The highest BCUT2D eigenvalue weighted by Gasteiger charge is 2.33. The Morgan fingerprint density at radius 1 is 1.07 bits per heavy atom. The summed E-state index contributed by atoms with van der Waals surface area (Å²) < 4.78 is 42.8. The molecule has 1 aromatic heterocycles. The van der Waals surface area contributed by atoms with Gasteiger partial charge in [0.15, 0.2) is 11.0 Å². The van der Waals surface area contributed by atoms with Crippen LogP contribution in [0, 0.1) is 13.8 Å². The maximum atomic E-state index is 13.2. The number of urea groups is 1. The van der Waals surface area contributed by atoms with Gasteiger partial charge >= 0.3 is 12.4 Å². The minimum absolute atomic E-state index is 0.141. The lowest BCUT2D eigenvalue weighted by atomic mass is 9.99. The SMILES string of the molecule is Cc1cc(-c2ncn(-c3ccc(OC(F)(F)F)cc3)n2)cc(C)c1NC(=O)/N=C1\SCC(=O)N1c1cc(N(C)C)ccc1C(C)C. The summed E-state index contributed by atoms with van der Waals surface area (Å²) in [5, 5.41) is 7.64. The van der Waals surface area contributed by atoms with E-state index < -0.39 is 12.4 Å². The Kier molecular flexibility index (Phi) is 9.10. The fraction of sp³-hybridized carbons (Fsp3) is 0.281. The van der Waals surface area contributed by atoms with Crippen LogP contribution < -0.4 is 19.9 Å². The summed E-state index contributed by atoms with van der Waals surface area (Å²) in [6.45, 7) is 7.76. The Morgan fingerprint density at radius 3 is 2.35 bits per heavy atom. The second-order valence-electron chi connectivity index (χ2n) is 11.2. The van der Waals surface area contributed by atoms with Gasteiger partial charge in [-0.15, -0.1) is 18.3 Å². The molecule has 1 aliphatic heterocycles. The Bertz CT molecular complexity index is 1800. The molecule has 0 radical (unpaired) electrons. The number of aliphatic imine (C=N–C) groups is 1. The molecule has 4 aromatic rings. The zero-order valence-electron chi connectivity index (χ0n) is 26.0. The molecule has 0 atom stereocenters. The number of benzene rings is 3. The van der Waals surface area contributed by atoms with Crippen molar-refractivity contribution in [3.8, 4) is 22.8 Å². The highest BCUT2D eigenvalue weighted by atomic mass is 32.2. The second kappa shape index (κ2) is 12.9. The van der Waals surface area contributed by atoms with Crippen molar-refractivity contribution in [1.82, 2.24) is 14.8 Å². The average molecular weight is 652 g/mol. The third kappa shape index (κ3) is 7.17. The zero-order valence-corrected chi connectivity index (χ0v) is 26.8. The van der Waals surface area contributed by atoms with Gasteiger partial charge in [0.25, 0.3) is 0 Å². The minimum atomic E-state index is -4.78. The van der Waals surface area contributed by atoms with Crippen LogP contribution in [0.25, 0.3) is 17.1 Å². The number of aryl methyl sites for hydroxylation is 2. The Labute approximate surface area is 268 Å². The van der Waals surface area contributed by atoms with E-state index in [0.717, 1.165) is 22.4 Å². The van der Waals surface area contributed by atoms with Crippen LogP contribution in [-0.2, 0) is 4.79 Å². The van der Waals surface area contributed by atoms with E-state index >= 15 is 0 Å². The molecule has 1 aliphatic rings. The monoisotopic (exact) mass is 651 g/mol. The van der Waals surface area contributed by atoms with Crippen molar-refractivity contribution in [2.45, 2.75) is 40.0 Å². The van der Waals surface area contributed by atoms with Crippen LogP contribution in [0.4, 0.5) is 35.0 Å².